The summed E-state index contributed by atoms with van der Waals surface area (Å²) in [6, 6.07) is 12.0. The van der Waals surface area contributed by atoms with Crippen LogP contribution in [0.4, 0.5) is 15.6 Å². The Bertz CT molecular complexity index is 1080. The van der Waals surface area contributed by atoms with Crippen molar-refractivity contribution in [3.63, 3.8) is 0 Å². The third-order valence-corrected chi connectivity index (χ3v) is 6.37. The number of carboxylic acid groups (broad SMARTS) is 1. The third-order valence-electron chi connectivity index (χ3n) is 4.21. The molecular weight excluding hydrogens is 446 g/mol. The Hall–Kier alpha value is -3.04. The number of carboxylic acids is 1. The highest BCUT2D eigenvalue weighted by Crippen LogP contribution is 2.29. The molecule has 0 atom stereocenters. The number of thioether (sulfide) groups is 1. The van der Waals surface area contributed by atoms with Crippen LogP contribution in [0.2, 0.25) is 0 Å². The van der Waals surface area contributed by atoms with Crippen LogP contribution in [-0.2, 0) is 5.75 Å². The van der Waals surface area contributed by atoms with Gasteiger partial charge in [-0.1, -0.05) is 19.9 Å². The van der Waals surface area contributed by atoms with Crippen molar-refractivity contribution in [1.29, 1.82) is 0 Å². The van der Waals surface area contributed by atoms with Crippen molar-refractivity contribution in [2.45, 2.75) is 31.4 Å². The second-order valence-electron chi connectivity index (χ2n) is 7.53. The first-order valence-electron chi connectivity index (χ1n) is 10.0. The highest BCUT2D eigenvalue weighted by atomic mass is 32.2. The van der Waals surface area contributed by atoms with Crippen LogP contribution in [0.25, 0.3) is 0 Å². The predicted octanol–water partition coefficient (Wildman–Crippen LogP) is 6.12. The molecule has 0 spiro atoms. The number of carbonyl (C=O) groups excluding carboxylic acids is 1. The number of amides is 2. The highest BCUT2D eigenvalue weighted by Gasteiger charge is 2.12. The number of ether oxygens (including phenoxy) is 1. The normalized spacial score (nSPS) is 10.8. The number of nitrogens with one attached hydrogen (secondary N) is 2. The van der Waals surface area contributed by atoms with E-state index in [9.17, 15) is 9.59 Å². The molecule has 2 aromatic carbocycles. The molecular formula is C23H25N3O4S2. The number of thiazole rings is 1. The largest absolute Gasteiger partial charge is 0.491 e. The highest BCUT2D eigenvalue weighted by molar-refractivity contribution is 7.98. The van der Waals surface area contributed by atoms with Crippen LogP contribution in [0.5, 0.6) is 5.75 Å². The van der Waals surface area contributed by atoms with Crippen LogP contribution < -0.4 is 15.4 Å². The first-order chi connectivity index (χ1) is 15.3. The number of anilines is 2. The Morgan fingerprint density at radius 3 is 2.59 bits per heavy atom. The van der Waals surface area contributed by atoms with Gasteiger partial charge in [0, 0.05) is 21.7 Å². The lowest BCUT2D eigenvalue weighted by Gasteiger charge is -2.14. The molecule has 7 nitrogen and oxygen atoms in total. The van der Waals surface area contributed by atoms with Gasteiger partial charge < -0.3 is 15.2 Å². The predicted molar refractivity (Wildman–Crippen MR) is 129 cm³/mol. The molecule has 0 aliphatic carbocycles. The maximum atomic E-state index is 12.5. The monoisotopic (exact) mass is 471 g/mol. The molecule has 168 valence electrons. The minimum atomic E-state index is -0.942. The first kappa shape index (κ1) is 23.6. The number of nitrogens with zero attached hydrogens (tertiary/aromatic N) is 1. The van der Waals surface area contributed by atoms with Gasteiger partial charge in [-0.3, -0.25) is 5.32 Å². The van der Waals surface area contributed by atoms with E-state index in [4.69, 9.17) is 9.84 Å². The zero-order chi connectivity index (χ0) is 23.1. The SMILES string of the molecule is Cc1ccc(NC(=O)Nc2ncc(CSc3ccc(C(=O)O)cc3)s2)c(OCC(C)C)c1. The Morgan fingerprint density at radius 1 is 1.16 bits per heavy atom. The maximum Gasteiger partial charge on any atom is 0.335 e. The Labute approximate surface area is 195 Å². The summed E-state index contributed by atoms with van der Waals surface area (Å²) >= 11 is 2.96. The lowest BCUT2D eigenvalue weighted by atomic mass is 10.2. The first-order valence-corrected chi connectivity index (χ1v) is 11.8. The van der Waals surface area contributed by atoms with Gasteiger partial charge in [-0.25, -0.2) is 14.6 Å². The van der Waals surface area contributed by atoms with Gasteiger partial charge >= 0.3 is 12.0 Å². The Kier molecular flexibility index (Phi) is 8.13. The van der Waals surface area contributed by atoms with E-state index in [1.807, 2.05) is 25.1 Å². The molecule has 3 N–H and O–H groups in total. The molecule has 2 amide bonds. The number of hydrogen-bond acceptors (Lipinski definition) is 6. The second-order valence-corrected chi connectivity index (χ2v) is 9.70. The van der Waals surface area contributed by atoms with Gasteiger partial charge in [0.05, 0.1) is 17.9 Å². The molecule has 9 heteroatoms. The fourth-order valence-corrected chi connectivity index (χ4v) is 4.37. The summed E-state index contributed by atoms with van der Waals surface area (Å²) < 4.78 is 5.84. The van der Waals surface area contributed by atoms with Gasteiger partial charge in [0.15, 0.2) is 5.13 Å². The van der Waals surface area contributed by atoms with Crippen LogP contribution in [0.3, 0.4) is 0 Å². The maximum absolute atomic E-state index is 12.5. The Balaban J connectivity index is 1.55. The number of aromatic nitrogens is 1. The van der Waals surface area contributed by atoms with Crippen molar-refractivity contribution in [2.75, 3.05) is 17.2 Å². The van der Waals surface area contributed by atoms with E-state index in [2.05, 4.69) is 29.5 Å². The van der Waals surface area contributed by atoms with Crippen LogP contribution >= 0.6 is 23.1 Å². The van der Waals surface area contributed by atoms with Gasteiger partial charge in [0.2, 0.25) is 0 Å². The molecule has 0 aliphatic rings. The zero-order valence-electron chi connectivity index (χ0n) is 18.0. The fourth-order valence-electron chi connectivity index (χ4n) is 2.64. The summed E-state index contributed by atoms with van der Waals surface area (Å²) in [5.74, 6) is 0.735. The van der Waals surface area contributed by atoms with Crippen molar-refractivity contribution in [2.24, 2.45) is 5.92 Å². The van der Waals surface area contributed by atoms with E-state index >= 15 is 0 Å². The summed E-state index contributed by atoms with van der Waals surface area (Å²) in [6.45, 7) is 6.67. The zero-order valence-corrected chi connectivity index (χ0v) is 19.7. The summed E-state index contributed by atoms with van der Waals surface area (Å²) in [7, 11) is 0. The molecule has 3 aromatic rings. The van der Waals surface area contributed by atoms with Crippen molar-refractivity contribution in [1.82, 2.24) is 4.98 Å². The van der Waals surface area contributed by atoms with Crippen molar-refractivity contribution in [3.8, 4) is 5.75 Å². The number of urea groups is 1. The molecule has 0 bridgehead atoms. The van der Waals surface area contributed by atoms with Crippen LogP contribution in [0.15, 0.2) is 53.6 Å². The topological polar surface area (TPSA) is 101 Å². The molecule has 1 heterocycles. The average Bonchev–Trinajstić information content (AvgIpc) is 3.19. The molecule has 0 unspecified atom stereocenters. The van der Waals surface area contributed by atoms with E-state index in [1.54, 1.807) is 42.2 Å². The molecule has 0 saturated carbocycles. The summed E-state index contributed by atoms with van der Waals surface area (Å²) in [5.41, 5.74) is 1.91. The Morgan fingerprint density at radius 2 is 1.91 bits per heavy atom. The van der Waals surface area contributed by atoms with Gasteiger partial charge in [-0.15, -0.1) is 23.1 Å². The molecule has 32 heavy (non-hydrogen) atoms. The van der Waals surface area contributed by atoms with Gasteiger partial charge in [0.1, 0.15) is 5.75 Å². The van der Waals surface area contributed by atoms with Crippen LogP contribution in [0, 0.1) is 12.8 Å². The van der Waals surface area contributed by atoms with E-state index in [1.165, 1.54) is 11.3 Å². The smallest absolute Gasteiger partial charge is 0.335 e. The molecule has 0 fully saturated rings. The van der Waals surface area contributed by atoms with Crippen molar-refractivity contribution >= 4 is 45.9 Å². The van der Waals surface area contributed by atoms with Gasteiger partial charge in [-0.05, 0) is 54.8 Å². The number of rotatable bonds is 9. The average molecular weight is 472 g/mol. The molecule has 1 aromatic heterocycles. The quantitative estimate of drug-likeness (QED) is 0.325. The minimum absolute atomic E-state index is 0.260. The lowest BCUT2D eigenvalue weighted by molar-refractivity contribution is 0.0696. The molecule has 0 saturated heterocycles. The number of hydrogen-bond donors (Lipinski definition) is 3. The third kappa shape index (κ3) is 7.00. The van der Waals surface area contributed by atoms with Crippen LogP contribution in [-0.4, -0.2) is 28.7 Å². The standard InChI is InChI=1S/C23H25N3O4S2/c1-14(2)12-30-20-10-15(3)4-9-19(20)25-22(29)26-23-24-11-18(32-23)13-31-17-7-5-16(6-8-17)21(27)28/h4-11,14H,12-13H2,1-3H3,(H,27,28)(H2,24,25,26,29). The second kappa shape index (κ2) is 11.0. The van der Waals surface area contributed by atoms with Crippen molar-refractivity contribution < 1.29 is 19.4 Å². The molecule has 0 radical (unpaired) electrons. The van der Waals surface area contributed by atoms with E-state index in [0.29, 0.717) is 34.8 Å². The molecule has 0 aliphatic heterocycles. The number of benzene rings is 2. The van der Waals surface area contributed by atoms with E-state index in [-0.39, 0.29) is 11.6 Å². The molecule has 3 rings (SSSR count). The number of carbonyl (C=O) groups is 2. The van der Waals surface area contributed by atoms with Gasteiger partial charge in [0.25, 0.3) is 0 Å². The summed E-state index contributed by atoms with van der Waals surface area (Å²) in [6.07, 6.45) is 1.72. The number of aryl methyl sites for hydroxylation is 1. The number of aromatic carboxylic acids is 1. The van der Waals surface area contributed by atoms with Crippen molar-refractivity contribution in [3.05, 3.63) is 64.7 Å². The fraction of sp³-hybridized carbons (Fsp3) is 0.261. The van der Waals surface area contributed by atoms with E-state index in [0.717, 1.165) is 15.3 Å². The summed E-state index contributed by atoms with van der Waals surface area (Å²) in [4.78, 5) is 29.6. The minimum Gasteiger partial charge on any atom is -0.491 e. The van der Waals surface area contributed by atoms with Gasteiger partial charge in [-0.2, -0.15) is 0 Å². The lowest BCUT2D eigenvalue weighted by Crippen LogP contribution is -2.20. The van der Waals surface area contributed by atoms with Crippen LogP contribution in [0.1, 0.15) is 34.6 Å². The van der Waals surface area contributed by atoms with E-state index < -0.39 is 5.97 Å². The summed E-state index contributed by atoms with van der Waals surface area (Å²) in [5, 5.41) is 15.1.